The van der Waals surface area contributed by atoms with Gasteiger partial charge in [0.2, 0.25) is 0 Å². The lowest BCUT2D eigenvalue weighted by Crippen LogP contribution is -2.55. The van der Waals surface area contributed by atoms with Crippen LogP contribution in [0.3, 0.4) is 0 Å². The van der Waals surface area contributed by atoms with E-state index in [4.69, 9.17) is 4.74 Å². The first-order valence-electron chi connectivity index (χ1n) is 8.16. The predicted molar refractivity (Wildman–Crippen MR) is 92.9 cm³/mol. The second kappa shape index (κ2) is 7.04. The van der Waals surface area contributed by atoms with Gasteiger partial charge in [-0.15, -0.1) is 0 Å². The first-order valence-corrected chi connectivity index (χ1v) is 8.16. The Balaban J connectivity index is 2.07. The Hall–Kier alpha value is -2.46. The lowest BCUT2D eigenvalue weighted by atomic mass is 10.0. The normalized spacial score (nSPS) is 28.2. The zero-order valence-corrected chi connectivity index (χ0v) is 14.1. The average Bonchev–Trinajstić information content (AvgIpc) is 2.89. The zero-order chi connectivity index (χ0) is 18.9. The molecule has 0 saturated carbocycles. The molecule has 0 radical (unpaired) electrons. The lowest BCUT2D eigenvalue weighted by molar-refractivity contribution is -0.140. The highest BCUT2D eigenvalue weighted by Gasteiger charge is 2.55. The Morgan fingerprint density at radius 1 is 1.27 bits per heavy atom. The Bertz CT molecular complexity index is 880. The molecule has 9 nitrogen and oxygen atoms in total. The lowest BCUT2D eigenvalue weighted by Gasteiger charge is -2.34. The highest BCUT2D eigenvalue weighted by atomic mass is 16.6. The van der Waals surface area contributed by atoms with Crippen LogP contribution in [-0.4, -0.2) is 56.3 Å². The maximum atomic E-state index is 12.4. The van der Waals surface area contributed by atoms with E-state index in [0.717, 1.165) is 4.57 Å². The fourth-order valence-electron chi connectivity index (χ4n) is 3.08. The topological polar surface area (TPSA) is 137 Å². The van der Waals surface area contributed by atoms with Crippen LogP contribution in [0.1, 0.15) is 5.56 Å². The van der Waals surface area contributed by atoms with Crippen molar-refractivity contribution in [2.75, 3.05) is 18.5 Å². The van der Waals surface area contributed by atoms with Gasteiger partial charge in [0.15, 0.2) is 5.72 Å². The minimum Gasteiger partial charge on any atom is -0.394 e. The van der Waals surface area contributed by atoms with Crippen molar-refractivity contribution in [3.8, 4) is 0 Å². The number of para-hydroxylation sites is 1. The minimum absolute atomic E-state index is 0.0862. The number of hydrogen-bond donors (Lipinski definition) is 5. The van der Waals surface area contributed by atoms with E-state index >= 15 is 0 Å². The van der Waals surface area contributed by atoms with Gasteiger partial charge in [-0.3, -0.25) is 14.3 Å². The molecule has 1 saturated heterocycles. The smallest absolute Gasteiger partial charge is 0.330 e. The summed E-state index contributed by atoms with van der Waals surface area (Å²) in [5.74, 6) is 0. The van der Waals surface area contributed by atoms with E-state index in [1.165, 1.54) is 13.1 Å². The molecule has 5 N–H and O–H groups in total. The third-order valence-corrected chi connectivity index (χ3v) is 4.55. The van der Waals surface area contributed by atoms with Gasteiger partial charge >= 0.3 is 5.69 Å². The maximum absolute atomic E-state index is 12.4. The Labute approximate surface area is 148 Å². The Kier molecular flexibility index (Phi) is 4.97. The number of aromatic amines is 1. The van der Waals surface area contributed by atoms with Crippen molar-refractivity contribution < 1.29 is 20.1 Å². The van der Waals surface area contributed by atoms with Gasteiger partial charge in [0, 0.05) is 17.4 Å². The van der Waals surface area contributed by atoms with Crippen molar-refractivity contribution in [2.24, 2.45) is 0 Å². The van der Waals surface area contributed by atoms with Crippen LogP contribution in [-0.2, 0) is 10.5 Å². The number of aliphatic hydroxyl groups excluding tert-OH is 3. The monoisotopic (exact) mass is 363 g/mol. The second-order valence-corrected chi connectivity index (χ2v) is 6.28. The fourth-order valence-corrected chi connectivity index (χ4v) is 3.08. The van der Waals surface area contributed by atoms with Crippen LogP contribution in [0, 0.1) is 6.92 Å². The summed E-state index contributed by atoms with van der Waals surface area (Å²) in [5.41, 5.74) is -2.11. The number of H-pyrrole nitrogens is 1. The van der Waals surface area contributed by atoms with Crippen LogP contribution < -0.4 is 16.6 Å². The average molecular weight is 363 g/mol. The standard InChI is InChI=1S/C17H21N3O6/c1-10-7-20(16(25)19-15(10)24)17(9-18-11-5-3-2-4-6-11)14(23)13(22)12(8-21)26-17/h2-7,12-14,18,21-23H,8-9H2,1H3,(H,19,24,25)/t12-,13-,14-,17-/m1/s1. The molecule has 0 amide bonds. The molecule has 4 atom stereocenters. The third-order valence-electron chi connectivity index (χ3n) is 4.55. The first kappa shape index (κ1) is 18.3. The van der Waals surface area contributed by atoms with Crippen molar-refractivity contribution >= 4 is 5.69 Å². The number of aromatic nitrogens is 2. The predicted octanol–water partition coefficient (Wildman–Crippen LogP) is -1.28. The van der Waals surface area contributed by atoms with E-state index in [2.05, 4.69) is 10.3 Å². The number of nitrogens with zero attached hydrogens (tertiary/aromatic N) is 1. The van der Waals surface area contributed by atoms with Gasteiger partial charge in [0.05, 0.1) is 13.2 Å². The number of anilines is 1. The molecule has 0 unspecified atom stereocenters. The van der Waals surface area contributed by atoms with Crippen molar-refractivity contribution in [3.05, 3.63) is 62.9 Å². The maximum Gasteiger partial charge on any atom is 0.330 e. The summed E-state index contributed by atoms with van der Waals surface area (Å²) in [6.45, 7) is 0.883. The molecule has 0 spiro atoms. The van der Waals surface area contributed by atoms with Gasteiger partial charge in [0.25, 0.3) is 5.56 Å². The van der Waals surface area contributed by atoms with Crippen LogP contribution in [0.2, 0.25) is 0 Å². The number of aliphatic hydroxyl groups is 3. The molecule has 26 heavy (non-hydrogen) atoms. The Morgan fingerprint density at radius 2 is 1.96 bits per heavy atom. The van der Waals surface area contributed by atoms with Crippen LogP contribution in [0.25, 0.3) is 0 Å². The molecule has 140 valence electrons. The van der Waals surface area contributed by atoms with E-state index in [0.29, 0.717) is 5.69 Å². The van der Waals surface area contributed by atoms with Crippen molar-refractivity contribution in [2.45, 2.75) is 31.0 Å². The summed E-state index contributed by atoms with van der Waals surface area (Å²) in [4.78, 5) is 26.2. The van der Waals surface area contributed by atoms with Gasteiger partial charge in [-0.1, -0.05) is 18.2 Å². The van der Waals surface area contributed by atoms with Crippen LogP contribution >= 0.6 is 0 Å². The largest absolute Gasteiger partial charge is 0.394 e. The minimum atomic E-state index is -1.71. The van der Waals surface area contributed by atoms with Crippen LogP contribution in [0.4, 0.5) is 5.69 Å². The molecule has 2 heterocycles. The molecule has 0 bridgehead atoms. The van der Waals surface area contributed by atoms with Gasteiger partial charge in [-0.25, -0.2) is 4.79 Å². The van der Waals surface area contributed by atoms with E-state index in [1.54, 1.807) is 12.1 Å². The van der Waals surface area contributed by atoms with Crippen molar-refractivity contribution in [1.82, 2.24) is 9.55 Å². The number of rotatable bonds is 5. The number of ether oxygens (including phenoxy) is 1. The number of nitrogens with one attached hydrogen (secondary N) is 2. The molecule has 3 rings (SSSR count). The molecule has 2 aromatic rings. The van der Waals surface area contributed by atoms with Gasteiger partial charge < -0.3 is 25.4 Å². The first-order chi connectivity index (χ1) is 12.4. The third kappa shape index (κ3) is 3.06. The van der Waals surface area contributed by atoms with E-state index in [-0.39, 0.29) is 12.1 Å². The molecule has 9 heteroatoms. The van der Waals surface area contributed by atoms with Gasteiger partial charge in [0.1, 0.15) is 18.3 Å². The summed E-state index contributed by atoms with van der Waals surface area (Å²) in [5, 5.41) is 33.3. The van der Waals surface area contributed by atoms with Crippen LogP contribution in [0.15, 0.2) is 46.1 Å². The second-order valence-electron chi connectivity index (χ2n) is 6.28. The molecule has 1 aliphatic rings. The number of hydrogen-bond acceptors (Lipinski definition) is 7. The quantitative estimate of drug-likeness (QED) is 0.446. The SMILES string of the molecule is Cc1cn([C@]2(CNc3ccccc3)O[C@H](CO)[C@@H](O)[C@H]2O)c(=O)[nH]c1=O. The molecule has 1 aromatic carbocycles. The molecular formula is C17H21N3O6. The molecule has 1 fully saturated rings. The van der Waals surface area contributed by atoms with E-state index in [1.807, 2.05) is 18.2 Å². The number of benzene rings is 1. The summed E-state index contributed by atoms with van der Waals surface area (Å²) in [7, 11) is 0. The fraction of sp³-hybridized carbons (Fsp3) is 0.412. The van der Waals surface area contributed by atoms with Crippen LogP contribution in [0.5, 0.6) is 0 Å². The highest BCUT2D eigenvalue weighted by Crippen LogP contribution is 2.35. The summed E-state index contributed by atoms with van der Waals surface area (Å²) in [6, 6.07) is 9.03. The van der Waals surface area contributed by atoms with Gasteiger partial charge in [-0.2, -0.15) is 0 Å². The molecule has 1 aromatic heterocycles. The van der Waals surface area contributed by atoms with E-state index in [9.17, 15) is 24.9 Å². The van der Waals surface area contributed by atoms with E-state index < -0.39 is 41.9 Å². The van der Waals surface area contributed by atoms with Crippen molar-refractivity contribution in [3.63, 3.8) is 0 Å². The summed E-state index contributed by atoms with van der Waals surface area (Å²) >= 11 is 0. The van der Waals surface area contributed by atoms with Gasteiger partial charge in [-0.05, 0) is 19.1 Å². The molecule has 1 aliphatic heterocycles. The molecule has 0 aliphatic carbocycles. The Morgan fingerprint density at radius 3 is 2.58 bits per heavy atom. The van der Waals surface area contributed by atoms with Crippen molar-refractivity contribution in [1.29, 1.82) is 0 Å². The summed E-state index contributed by atoms with van der Waals surface area (Å²) < 4.78 is 6.78. The highest BCUT2D eigenvalue weighted by molar-refractivity contribution is 5.42. The number of aryl methyl sites for hydroxylation is 1. The molecular weight excluding hydrogens is 342 g/mol. The zero-order valence-electron chi connectivity index (χ0n) is 14.1. The summed E-state index contributed by atoms with van der Waals surface area (Å²) in [6.07, 6.45) is -2.74.